The topological polar surface area (TPSA) is 6.48 Å². The van der Waals surface area contributed by atoms with Crippen LogP contribution in [0.4, 0.5) is 11.4 Å². The summed E-state index contributed by atoms with van der Waals surface area (Å²) in [5.74, 6) is 0.666. The third-order valence-electron chi connectivity index (χ3n) is 7.99. The Morgan fingerprint density at radius 3 is 2.22 bits per heavy atom. The van der Waals surface area contributed by atoms with Crippen molar-refractivity contribution < 1.29 is 20.1 Å². The van der Waals surface area contributed by atoms with Gasteiger partial charge in [-0.25, -0.2) is 0 Å². The fraction of sp³-hybridized carbons (Fsp3) is 0.206. The Balaban J connectivity index is 0.00000252. The van der Waals surface area contributed by atoms with Gasteiger partial charge in [-0.2, -0.15) is 23.8 Å². The van der Waals surface area contributed by atoms with Crippen LogP contribution in [0.1, 0.15) is 60.3 Å². The van der Waals surface area contributed by atoms with Crippen LogP contribution in [0.2, 0.25) is 0 Å². The number of nitrogens with zero attached hydrogens (tertiary/aromatic N) is 2. The molecule has 0 N–H and O–H groups in total. The zero-order valence-corrected chi connectivity index (χ0v) is 23.5. The van der Waals surface area contributed by atoms with E-state index in [9.17, 15) is 0 Å². The molecule has 0 saturated heterocycles. The molecule has 4 aromatic carbocycles. The van der Waals surface area contributed by atoms with E-state index >= 15 is 0 Å². The first kappa shape index (κ1) is 24.2. The summed E-state index contributed by atoms with van der Waals surface area (Å²) >= 11 is 0. The molecule has 3 aliphatic rings. The van der Waals surface area contributed by atoms with Gasteiger partial charge in [0.15, 0.2) is 0 Å². The van der Waals surface area contributed by atoms with Gasteiger partial charge in [0.05, 0.1) is 0 Å². The molecule has 3 heteroatoms. The molecule has 0 amide bonds. The number of benzene rings is 4. The molecule has 2 nitrogen and oxygen atoms in total. The molecule has 2 heterocycles. The van der Waals surface area contributed by atoms with E-state index in [2.05, 4.69) is 120 Å². The average Bonchev–Trinajstić information content (AvgIpc) is 3.35. The zero-order chi connectivity index (χ0) is 24.1. The molecule has 187 valence electrons. The van der Waals surface area contributed by atoms with E-state index in [0.717, 1.165) is 11.4 Å². The third kappa shape index (κ3) is 4.15. The molecule has 1 aliphatic carbocycles. The van der Waals surface area contributed by atoms with Gasteiger partial charge in [0.1, 0.15) is 0 Å². The summed E-state index contributed by atoms with van der Waals surface area (Å²) in [5.41, 5.74) is 12.6. The summed E-state index contributed by atoms with van der Waals surface area (Å²) in [5, 5.41) is 0. The van der Waals surface area contributed by atoms with Crippen LogP contribution in [0.15, 0.2) is 91.0 Å². The Labute approximate surface area is 234 Å². The number of hydrogen-bond donors (Lipinski definition) is 0. The molecule has 4 aromatic rings. The number of aryl methyl sites for hydroxylation is 1. The minimum atomic E-state index is 0. The van der Waals surface area contributed by atoms with Crippen molar-refractivity contribution in [1.82, 2.24) is 0 Å². The number of fused-ring (bicyclic) bond motifs is 6. The van der Waals surface area contributed by atoms with Gasteiger partial charge in [-0.1, -0.05) is 98.1 Å². The first-order valence-corrected chi connectivity index (χ1v) is 13.2. The Morgan fingerprint density at radius 2 is 1.46 bits per heavy atom. The molecule has 0 atom stereocenters. The van der Waals surface area contributed by atoms with Crippen molar-refractivity contribution in [2.75, 3.05) is 9.80 Å². The number of para-hydroxylation sites is 1. The Bertz CT molecular complexity index is 1450. The largest absolute Gasteiger partial charge is 0.492 e. The van der Waals surface area contributed by atoms with Gasteiger partial charge >= 0.3 is 0 Å². The van der Waals surface area contributed by atoms with Crippen LogP contribution in [0, 0.1) is 19.7 Å². The van der Waals surface area contributed by atoms with E-state index in [1.54, 1.807) is 0 Å². The maximum absolute atomic E-state index is 3.63. The van der Waals surface area contributed by atoms with Crippen molar-refractivity contribution in [3.05, 3.63) is 126 Å². The molecule has 37 heavy (non-hydrogen) atoms. The quantitative estimate of drug-likeness (QED) is 0.203. The average molecular weight is 659 g/mol. The van der Waals surface area contributed by atoms with Crippen LogP contribution in [0.3, 0.4) is 0 Å². The summed E-state index contributed by atoms with van der Waals surface area (Å²) in [6, 6.07) is 36.9. The van der Waals surface area contributed by atoms with Crippen LogP contribution < -0.4 is 9.80 Å². The molecule has 1 radical (unpaired) electrons. The predicted octanol–water partition coefficient (Wildman–Crippen LogP) is 8.79. The van der Waals surface area contributed by atoms with E-state index in [4.69, 9.17) is 0 Å². The van der Waals surface area contributed by atoms with Crippen molar-refractivity contribution in [3.63, 3.8) is 0 Å². The van der Waals surface area contributed by atoms with E-state index in [1.807, 2.05) is 0 Å². The molecule has 0 aromatic heterocycles. The molecule has 0 bridgehead atoms. The van der Waals surface area contributed by atoms with Crippen LogP contribution in [0.25, 0.3) is 22.5 Å². The number of hydrogen-bond acceptors (Lipinski definition) is 2. The monoisotopic (exact) mass is 659 g/mol. The van der Waals surface area contributed by atoms with E-state index in [1.165, 1.54) is 76.9 Å². The Kier molecular flexibility index (Phi) is 6.53. The molecule has 7 rings (SSSR count). The molecule has 0 unspecified atom stereocenters. The first-order valence-electron chi connectivity index (χ1n) is 13.2. The van der Waals surface area contributed by atoms with Crippen molar-refractivity contribution in [2.24, 2.45) is 0 Å². The molecule has 0 spiro atoms. The van der Waals surface area contributed by atoms with Crippen molar-refractivity contribution in [2.45, 2.75) is 44.9 Å². The maximum atomic E-state index is 3.63. The van der Waals surface area contributed by atoms with Crippen LogP contribution in [-0.4, -0.2) is 0 Å². The second kappa shape index (κ2) is 9.97. The summed E-state index contributed by atoms with van der Waals surface area (Å²) in [4.78, 5) is 4.72. The van der Waals surface area contributed by atoms with E-state index in [0.29, 0.717) is 5.92 Å². The van der Waals surface area contributed by atoms with Crippen molar-refractivity contribution >= 4 is 22.8 Å². The number of rotatable bonds is 3. The second-order valence-corrected chi connectivity index (χ2v) is 10.3. The molecular weight excluding hydrogens is 629 g/mol. The van der Waals surface area contributed by atoms with Gasteiger partial charge in [0, 0.05) is 37.2 Å². The summed E-state index contributed by atoms with van der Waals surface area (Å²) < 4.78 is 0. The summed E-state index contributed by atoms with van der Waals surface area (Å²) in [7, 11) is 0. The van der Waals surface area contributed by atoms with Gasteiger partial charge in [0.2, 0.25) is 0 Å². The van der Waals surface area contributed by atoms with Gasteiger partial charge < -0.3 is 9.80 Å². The van der Waals surface area contributed by atoms with Gasteiger partial charge in [-0.3, -0.25) is 0 Å². The van der Waals surface area contributed by atoms with Gasteiger partial charge in [-0.15, -0.1) is 12.2 Å². The molecular formula is C34H30IrN2-2. The molecule has 1 fully saturated rings. The van der Waals surface area contributed by atoms with Gasteiger partial charge in [0.25, 0.3) is 0 Å². The Hall–Kier alpha value is -3.13. The maximum Gasteiger partial charge on any atom is 0.0424 e. The van der Waals surface area contributed by atoms with Crippen molar-refractivity contribution in [1.29, 1.82) is 0 Å². The van der Waals surface area contributed by atoms with Crippen LogP contribution in [-0.2, 0) is 20.1 Å². The molecule has 1 saturated carbocycles. The molecule has 2 aliphatic heterocycles. The van der Waals surface area contributed by atoms with E-state index < -0.39 is 0 Å². The minimum absolute atomic E-state index is 0. The van der Waals surface area contributed by atoms with Crippen molar-refractivity contribution in [3.8, 4) is 11.1 Å². The fourth-order valence-electron chi connectivity index (χ4n) is 6.23. The van der Waals surface area contributed by atoms with Gasteiger partial charge in [-0.05, 0) is 53.6 Å². The third-order valence-corrected chi connectivity index (χ3v) is 7.99. The SMILES string of the molecule is Cc1c[c-]c2c(c1)-c1ccc(C3CCCCC3)cc1C1=C(c3ccccc3)N(c3ccccc3)[CH-]N12.[Ir]. The number of anilines is 2. The van der Waals surface area contributed by atoms with Crippen LogP contribution in [0.5, 0.6) is 0 Å². The minimum Gasteiger partial charge on any atom is -0.492 e. The predicted molar refractivity (Wildman–Crippen MR) is 150 cm³/mol. The Morgan fingerprint density at radius 1 is 0.730 bits per heavy atom. The van der Waals surface area contributed by atoms with Crippen LogP contribution >= 0.6 is 0 Å². The standard InChI is InChI=1S/C34H30N2.Ir/c1-24-17-20-32-30(21-24)29-19-18-27(25-11-5-2-6-12-25)22-31(29)34-33(26-13-7-3-8-14-26)35(23-36(32)34)28-15-9-4-10-16-28;/h3-4,7-10,13-19,21-23,25H,2,5-6,11-12H2,1H3;/q-2;. The second-order valence-electron chi connectivity index (χ2n) is 10.3. The smallest absolute Gasteiger partial charge is 0.0424 e. The van der Waals surface area contributed by atoms with E-state index in [-0.39, 0.29) is 20.1 Å². The summed E-state index contributed by atoms with van der Waals surface area (Å²) in [6.45, 7) is 4.42. The normalized spacial score (nSPS) is 16.7. The fourth-order valence-corrected chi connectivity index (χ4v) is 6.23. The first-order chi connectivity index (χ1) is 17.8. The zero-order valence-electron chi connectivity index (χ0n) is 21.1. The summed E-state index contributed by atoms with van der Waals surface area (Å²) in [6.07, 6.45) is 6.68.